The summed E-state index contributed by atoms with van der Waals surface area (Å²) in [6.07, 6.45) is 0.656. The zero-order valence-electron chi connectivity index (χ0n) is 19.2. The minimum absolute atomic E-state index is 0.0268. The quantitative estimate of drug-likeness (QED) is 0.554. The number of fused-ring (bicyclic) bond motifs is 1. The molecule has 32 heavy (non-hydrogen) atoms. The molecule has 0 saturated carbocycles. The van der Waals surface area contributed by atoms with Gasteiger partial charge >= 0.3 is 0 Å². The third-order valence-corrected chi connectivity index (χ3v) is 7.54. The van der Waals surface area contributed by atoms with Crippen molar-refractivity contribution in [2.75, 3.05) is 0 Å². The van der Waals surface area contributed by atoms with Crippen LogP contribution in [0, 0.1) is 34.6 Å². The maximum absolute atomic E-state index is 13.1. The molecule has 0 aliphatic heterocycles. The van der Waals surface area contributed by atoms with Crippen molar-refractivity contribution in [3.8, 4) is 0 Å². The number of amides is 1. The molecule has 0 saturated heterocycles. The van der Waals surface area contributed by atoms with E-state index in [0.717, 1.165) is 16.7 Å². The number of benzene rings is 2. The summed E-state index contributed by atoms with van der Waals surface area (Å²) in [7, 11) is -4.05. The van der Waals surface area contributed by atoms with Gasteiger partial charge in [-0.3, -0.25) is 15.0 Å². The monoisotopic (exact) mass is 456 g/mol. The first-order chi connectivity index (χ1) is 15.0. The standard InChI is InChI=1S/C23H28N4O4S/c1-7-12-27-23(29)19-11-9-8-10-18(19)20(25-27)22(28)24-26-32(30,31)21-16(5)14(3)13(2)15(4)17(21)6/h8-11,26H,7,12H2,1-6H3,(H,24,28). The molecule has 170 valence electrons. The van der Waals surface area contributed by atoms with E-state index in [1.54, 1.807) is 38.1 Å². The van der Waals surface area contributed by atoms with E-state index >= 15 is 0 Å². The van der Waals surface area contributed by atoms with Crippen LogP contribution in [-0.2, 0) is 16.6 Å². The number of aryl methyl sites for hydroxylation is 1. The molecular weight excluding hydrogens is 428 g/mol. The van der Waals surface area contributed by atoms with Crippen molar-refractivity contribution in [2.24, 2.45) is 0 Å². The highest BCUT2D eigenvalue weighted by molar-refractivity contribution is 7.89. The molecule has 2 aromatic carbocycles. The van der Waals surface area contributed by atoms with Gasteiger partial charge < -0.3 is 0 Å². The van der Waals surface area contributed by atoms with Crippen LogP contribution in [0.25, 0.3) is 10.8 Å². The average Bonchev–Trinajstić information content (AvgIpc) is 2.76. The Morgan fingerprint density at radius 1 is 0.938 bits per heavy atom. The smallest absolute Gasteiger partial charge is 0.272 e. The van der Waals surface area contributed by atoms with Crippen LogP contribution in [-0.4, -0.2) is 24.1 Å². The van der Waals surface area contributed by atoms with Crippen LogP contribution in [0.15, 0.2) is 34.0 Å². The Hall–Kier alpha value is -3.04. The van der Waals surface area contributed by atoms with Crippen molar-refractivity contribution >= 4 is 26.7 Å². The fraction of sp³-hybridized carbons (Fsp3) is 0.348. The highest BCUT2D eigenvalue weighted by Gasteiger charge is 2.25. The zero-order valence-corrected chi connectivity index (χ0v) is 20.0. The van der Waals surface area contributed by atoms with Gasteiger partial charge in [0.1, 0.15) is 0 Å². The van der Waals surface area contributed by atoms with Crippen LogP contribution in [0.5, 0.6) is 0 Å². The molecule has 3 aromatic rings. The van der Waals surface area contributed by atoms with Crippen molar-refractivity contribution in [1.82, 2.24) is 20.0 Å². The Balaban J connectivity index is 2.01. The van der Waals surface area contributed by atoms with Crippen LogP contribution in [0.3, 0.4) is 0 Å². The minimum atomic E-state index is -4.05. The Labute approximate surface area is 187 Å². The summed E-state index contributed by atoms with van der Waals surface area (Å²) < 4.78 is 27.5. The second-order valence-electron chi connectivity index (χ2n) is 7.94. The van der Waals surface area contributed by atoms with E-state index in [0.29, 0.717) is 34.9 Å². The number of rotatable bonds is 6. The van der Waals surface area contributed by atoms with E-state index in [1.165, 1.54) is 4.68 Å². The highest BCUT2D eigenvalue weighted by atomic mass is 32.2. The third-order valence-electron chi connectivity index (χ3n) is 6.02. The molecule has 0 fully saturated rings. The van der Waals surface area contributed by atoms with Gasteiger partial charge in [-0.25, -0.2) is 13.1 Å². The molecule has 0 spiro atoms. The number of sulfonamides is 1. The van der Waals surface area contributed by atoms with Crippen LogP contribution < -0.4 is 15.8 Å². The lowest BCUT2D eigenvalue weighted by Gasteiger charge is -2.19. The molecule has 0 aliphatic carbocycles. The maximum Gasteiger partial charge on any atom is 0.287 e. The van der Waals surface area contributed by atoms with Gasteiger partial charge in [-0.2, -0.15) is 5.10 Å². The summed E-state index contributed by atoms with van der Waals surface area (Å²) in [6, 6.07) is 6.64. The summed E-state index contributed by atoms with van der Waals surface area (Å²) in [5.74, 6) is -0.745. The Kier molecular flexibility index (Phi) is 6.52. The first-order valence-corrected chi connectivity index (χ1v) is 11.9. The van der Waals surface area contributed by atoms with E-state index in [1.807, 2.05) is 27.7 Å². The number of hydrogen-bond donors (Lipinski definition) is 2. The number of carbonyl (C=O) groups is 1. The number of aromatic nitrogens is 2. The summed E-state index contributed by atoms with van der Waals surface area (Å²) >= 11 is 0. The molecule has 0 unspecified atom stereocenters. The van der Waals surface area contributed by atoms with Gasteiger partial charge in [-0.15, -0.1) is 4.83 Å². The zero-order chi connectivity index (χ0) is 23.8. The molecule has 2 N–H and O–H groups in total. The fourth-order valence-electron chi connectivity index (χ4n) is 3.86. The lowest BCUT2D eigenvalue weighted by atomic mass is 9.95. The Bertz CT molecular complexity index is 1360. The number of hydrazine groups is 1. The maximum atomic E-state index is 13.1. The van der Waals surface area contributed by atoms with Crippen molar-refractivity contribution in [3.05, 3.63) is 68.1 Å². The van der Waals surface area contributed by atoms with Gasteiger partial charge in [-0.1, -0.05) is 25.1 Å². The van der Waals surface area contributed by atoms with Gasteiger partial charge in [0.25, 0.3) is 21.5 Å². The number of carbonyl (C=O) groups excluding carboxylic acids is 1. The molecule has 0 aliphatic rings. The van der Waals surface area contributed by atoms with E-state index in [9.17, 15) is 18.0 Å². The number of nitrogens with zero attached hydrogens (tertiary/aromatic N) is 2. The first kappa shape index (κ1) is 23.6. The average molecular weight is 457 g/mol. The van der Waals surface area contributed by atoms with Gasteiger partial charge in [-0.05, 0) is 74.9 Å². The molecule has 1 heterocycles. The van der Waals surface area contributed by atoms with Crippen molar-refractivity contribution < 1.29 is 13.2 Å². The largest absolute Gasteiger partial charge is 0.287 e. The first-order valence-electron chi connectivity index (χ1n) is 10.4. The van der Waals surface area contributed by atoms with Gasteiger partial charge in [0, 0.05) is 11.9 Å². The lowest BCUT2D eigenvalue weighted by molar-refractivity contribution is 0.0939. The van der Waals surface area contributed by atoms with Crippen molar-refractivity contribution in [2.45, 2.75) is 59.4 Å². The van der Waals surface area contributed by atoms with Crippen molar-refractivity contribution in [3.63, 3.8) is 0 Å². The second-order valence-corrected chi connectivity index (χ2v) is 9.56. The normalized spacial score (nSPS) is 11.7. The van der Waals surface area contributed by atoms with Crippen LogP contribution >= 0.6 is 0 Å². The summed E-state index contributed by atoms with van der Waals surface area (Å²) in [5.41, 5.74) is 6.03. The number of hydrogen-bond acceptors (Lipinski definition) is 5. The van der Waals surface area contributed by atoms with Gasteiger partial charge in [0.15, 0.2) is 5.69 Å². The molecule has 1 amide bonds. The van der Waals surface area contributed by atoms with E-state index < -0.39 is 15.9 Å². The lowest BCUT2D eigenvalue weighted by Crippen LogP contribution is -2.43. The minimum Gasteiger partial charge on any atom is -0.272 e. The molecule has 9 heteroatoms. The SMILES string of the molecule is CCCn1nc(C(=O)NNS(=O)(=O)c2c(C)c(C)c(C)c(C)c2C)c2ccccc2c1=O. The summed E-state index contributed by atoms with van der Waals surface area (Å²) in [5, 5.41) is 4.90. The molecule has 0 bridgehead atoms. The number of nitrogens with one attached hydrogen (secondary N) is 2. The molecular formula is C23H28N4O4S. The molecule has 1 aromatic heterocycles. The third kappa shape index (κ3) is 4.05. The molecule has 3 rings (SSSR count). The summed E-state index contributed by atoms with van der Waals surface area (Å²) in [4.78, 5) is 27.9. The fourth-order valence-corrected chi connectivity index (χ4v) is 5.30. The Morgan fingerprint density at radius 3 is 2.03 bits per heavy atom. The van der Waals surface area contributed by atoms with E-state index in [-0.39, 0.29) is 16.1 Å². The van der Waals surface area contributed by atoms with Crippen LogP contribution in [0.4, 0.5) is 0 Å². The van der Waals surface area contributed by atoms with E-state index in [2.05, 4.69) is 15.4 Å². The Morgan fingerprint density at radius 2 is 1.47 bits per heavy atom. The predicted octanol–water partition coefficient (Wildman–Crippen LogP) is 2.97. The van der Waals surface area contributed by atoms with E-state index in [4.69, 9.17) is 0 Å². The second kappa shape index (κ2) is 8.84. The highest BCUT2D eigenvalue weighted by Crippen LogP contribution is 2.29. The summed E-state index contributed by atoms with van der Waals surface area (Å²) in [6.45, 7) is 11.5. The van der Waals surface area contributed by atoms with Crippen LogP contribution in [0.2, 0.25) is 0 Å². The van der Waals surface area contributed by atoms with Gasteiger partial charge in [0.2, 0.25) is 0 Å². The topological polar surface area (TPSA) is 110 Å². The van der Waals surface area contributed by atoms with Crippen LogP contribution in [0.1, 0.15) is 51.7 Å². The molecule has 0 radical (unpaired) electrons. The van der Waals surface area contributed by atoms with Crippen molar-refractivity contribution in [1.29, 1.82) is 0 Å². The predicted molar refractivity (Wildman–Crippen MR) is 124 cm³/mol. The molecule has 8 nitrogen and oxygen atoms in total. The van der Waals surface area contributed by atoms with Gasteiger partial charge in [0.05, 0.1) is 10.3 Å². The molecule has 0 atom stereocenters.